The van der Waals surface area contributed by atoms with Gasteiger partial charge in [-0.1, -0.05) is 6.07 Å². The van der Waals surface area contributed by atoms with Crippen molar-refractivity contribution in [3.8, 4) is 5.75 Å². The maximum atomic E-state index is 12.6. The number of carbonyl (C=O) groups is 1. The van der Waals surface area contributed by atoms with Crippen LogP contribution < -0.4 is 4.74 Å². The summed E-state index contributed by atoms with van der Waals surface area (Å²) in [5, 5.41) is 9.94. The van der Waals surface area contributed by atoms with Crippen molar-refractivity contribution in [3.05, 3.63) is 29.3 Å². The van der Waals surface area contributed by atoms with Crippen LogP contribution in [0, 0.1) is 0 Å². The van der Waals surface area contributed by atoms with E-state index in [-0.39, 0.29) is 24.3 Å². The van der Waals surface area contributed by atoms with Crippen LogP contribution in [0.4, 0.5) is 13.2 Å². The first-order valence-corrected chi connectivity index (χ1v) is 6.04. The van der Waals surface area contributed by atoms with Crippen molar-refractivity contribution >= 4 is 5.97 Å². The Balaban J connectivity index is 2.16. The Morgan fingerprint density at radius 2 is 2.15 bits per heavy atom. The first-order valence-electron chi connectivity index (χ1n) is 6.04. The molecule has 0 aliphatic carbocycles. The highest BCUT2D eigenvalue weighted by Crippen LogP contribution is 2.41. The van der Waals surface area contributed by atoms with E-state index in [9.17, 15) is 23.1 Å². The second-order valence-electron chi connectivity index (χ2n) is 4.36. The molecule has 20 heavy (non-hydrogen) atoms. The summed E-state index contributed by atoms with van der Waals surface area (Å²) in [6.45, 7) is 1.82. The normalized spacial score (nSPS) is 21.2. The molecule has 0 amide bonds. The number of aliphatic hydroxyl groups is 1. The summed E-state index contributed by atoms with van der Waals surface area (Å²) in [4.78, 5) is 11.3. The molecule has 2 atom stereocenters. The van der Waals surface area contributed by atoms with Gasteiger partial charge in [0.05, 0.1) is 18.6 Å². The molecule has 2 rings (SSSR count). The summed E-state index contributed by atoms with van der Waals surface area (Å²) < 4.78 is 47.6. The van der Waals surface area contributed by atoms with Crippen LogP contribution in [-0.4, -0.2) is 23.8 Å². The maximum absolute atomic E-state index is 12.6. The highest BCUT2D eigenvalue weighted by molar-refractivity contribution is 5.70. The molecule has 1 heterocycles. The molecule has 1 aliphatic rings. The lowest BCUT2D eigenvalue weighted by Gasteiger charge is -2.13. The summed E-state index contributed by atoms with van der Waals surface area (Å²) in [5.41, 5.74) is -0.618. The molecule has 0 spiro atoms. The zero-order valence-corrected chi connectivity index (χ0v) is 10.6. The molecule has 0 radical (unpaired) electrons. The van der Waals surface area contributed by atoms with Gasteiger partial charge in [-0.3, -0.25) is 4.79 Å². The standard InChI is InChI=1S/C13H13F3O4/c1-2-19-11(17)6-10-12(18)8-4-3-7(13(14,15)16)5-9(8)20-10/h3-5,10,12,18H,2,6H2,1H3/t10-,12?/m1/s1. The van der Waals surface area contributed by atoms with Gasteiger partial charge in [-0.15, -0.1) is 0 Å². The number of hydrogen-bond acceptors (Lipinski definition) is 4. The SMILES string of the molecule is CCOC(=O)C[C@H]1Oc2cc(C(F)(F)F)ccc2C1O. The molecule has 1 N–H and O–H groups in total. The number of hydrogen-bond donors (Lipinski definition) is 1. The minimum absolute atomic E-state index is 0.0541. The van der Waals surface area contributed by atoms with Gasteiger partial charge >= 0.3 is 12.1 Å². The highest BCUT2D eigenvalue weighted by Gasteiger charge is 2.38. The Hall–Kier alpha value is -1.76. The Bertz CT molecular complexity index is 513. The fourth-order valence-corrected chi connectivity index (χ4v) is 2.02. The van der Waals surface area contributed by atoms with E-state index in [0.717, 1.165) is 18.2 Å². The number of halogens is 3. The van der Waals surface area contributed by atoms with E-state index in [1.54, 1.807) is 6.92 Å². The van der Waals surface area contributed by atoms with Gasteiger partial charge in [0.2, 0.25) is 0 Å². The molecule has 7 heteroatoms. The lowest BCUT2D eigenvalue weighted by atomic mass is 10.0. The van der Waals surface area contributed by atoms with Crippen molar-refractivity contribution < 1.29 is 32.5 Å². The van der Waals surface area contributed by atoms with Crippen LogP contribution in [0.1, 0.15) is 30.6 Å². The number of alkyl halides is 3. The van der Waals surface area contributed by atoms with Crippen LogP contribution >= 0.6 is 0 Å². The number of ether oxygens (including phenoxy) is 2. The third-order valence-corrected chi connectivity index (χ3v) is 2.96. The van der Waals surface area contributed by atoms with Gasteiger partial charge in [-0.25, -0.2) is 0 Å². The van der Waals surface area contributed by atoms with Crippen LogP contribution in [-0.2, 0) is 15.7 Å². The number of esters is 1. The Labute approximate surface area is 113 Å². The molecule has 0 saturated heterocycles. The van der Waals surface area contributed by atoms with Gasteiger partial charge in [0.25, 0.3) is 0 Å². The van der Waals surface area contributed by atoms with E-state index in [0.29, 0.717) is 0 Å². The van der Waals surface area contributed by atoms with Crippen LogP contribution in [0.5, 0.6) is 5.75 Å². The molecule has 1 unspecified atom stereocenters. The monoisotopic (exact) mass is 290 g/mol. The molecule has 1 aliphatic heterocycles. The summed E-state index contributed by atoms with van der Waals surface area (Å²) in [7, 11) is 0. The van der Waals surface area contributed by atoms with Crippen molar-refractivity contribution in [1.82, 2.24) is 0 Å². The molecule has 4 nitrogen and oxygen atoms in total. The lowest BCUT2D eigenvalue weighted by Crippen LogP contribution is -2.23. The van der Waals surface area contributed by atoms with Crippen molar-refractivity contribution in [3.63, 3.8) is 0 Å². The van der Waals surface area contributed by atoms with E-state index in [4.69, 9.17) is 9.47 Å². The average Bonchev–Trinajstić information content (AvgIpc) is 2.65. The topological polar surface area (TPSA) is 55.8 Å². The van der Waals surface area contributed by atoms with Gasteiger partial charge < -0.3 is 14.6 Å². The predicted molar refractivity (Wildman–Crippen MR) is 62.1 cm³/mol. The second-order valence-corrected chi connectivity index (χ2v) is 4.36. The average molecular weight is 290 g/mol. The molecule has 0 bridgehead atoms. The first kappa shape index (κ1) is 14.6. The summed E-state index contributed by atoms with van der Waals surface area (Å²) in [5.74, 6) is -0.623. The highest BCUT2D eigenvalue weighted by atomic mass is 19.4. The lowest BCUT2D eigenvalue weighted by molar-refractivity contribution is -0.146. The largest absolute Gasteiger partial charge is 0.486 e. The zero-order chi connectivity index (χ0) is 14.9. The second kappa shape index (κ2) is 5.32. The van der Waals surface area contributed by atoms with E-state index < -0.39 is 29.9 Å². The van der Waals surface area contributed by atoms with Gasteiger partial charge in [0.15, 0.2) is 0 Å². The van der Waals surface area contributed by atoms with E-state index in [1.807, 2.05) is 0 Å². The zero-order valence-electron chi connectivity index (χ0n) is 10.6. The fraction of sp³-hybridized carbons (Fsp3) is 0.462. The van der Waals surface area contributed by atoms with Crippen LogP contribution in [0.2, 0.25) is 0 Å². The minimum Gasteiger partial charge on any atom is -0.486 e. The van der Waals surface area contributed by atoms with Crippen molar-refractivity contribution in [1.29, 1.82) is 0 Å². The molecule has 0 aromatic heterocycles. The number of benzene rings is 1. The Morgan fingerprint density at radius 3 is 2.75 bits per heavy atom. The molecular weight excluding hydrogens is 277 g/mol. The molecule has 0 saturated carbocycles. The van der Waals surface area contributed by atoms with Gasteiger partial charge in [-0.05, 0) is 19.1 Å². The number of aliphatic hydroxyl groups excluding tert-OH is 1. The molecular formula is C13H13F3O4. The molecule has 110 valence electrons. The number of rotatable bonds is 3. The van der Waals surface area contributed by atoms with Gasteiger partial charge in [0, 0.05) is 5.56 Å². The van der Waals surface area contributed by atoms with E-state index in [1.165, 1.54) is 0 Å². The predicted octanol–water partition coefficient (Wildman–Crippen LogP) is 2.45. The Kier molecular flexibility index (Phi) is 3.89. The molecule has 1 aromatic carbocycles. The van der Waals surface area contributed by atoms with Gasteiger partial charge in [-0.2, -0.15) is 13.2 Å². The summed E-state index contributed by atoms with van der Waals surface area (Å²) in [6.07, 6.45) is -6.77. The van der Waals surface area contributed by atoms with E-state index >= 15 is 0 Å². The van der Waals surface area contributed by atoms with E-state index in [2.05, 4.69) is 0 Å². The number of carbonyl (C=O) groups excluding carboxylic acids is 1. The quantitative estimate of drug-likeness (QED) is 0.869. The first-order chi connectivity index (χ1) is 9.32. The van der Waals surface area contributed by atoms with Gasteiger partial charge in [0.1, 0.15) is 18.0 Å². The fourth-order valence-electron chi connectivity index (χ4n) is 2.02. The van der Waals surface area contributed by atoms with Crippen LogP contribution in [0.15, 0.2) is 18.2 Å². The minimum atomic E-state index is -4.48. The molecule has 1 aromatic rings. The summed E-state index contributed by atoms with van der Waals surface area (Å²) in [6, 6.07) is 2.86. The smallest absolute Gasteiger partial charge is 0.416 e. The van der Waals surface area contributed by atoms with Crippen molar-refractivity contribution in [2.45, 2.75) is 31.7 Å². The van der Waals surface area contributed by atoms with Crippen LogP contribution in [0.3, 0.4) is 0 Å². The van der Waals surface area contributed by atoms with Crippen molar-refractivity contribution in [2.24, 2.45) is 0 Å². The molecule has 0 fully saturated rings. The maximum Gasteiger partial charge on any atom is 0.416 e. The van der Waals surface area contributed by atoms with Crippen molar-refractivity contribution in [2.75, 3.05) is 6.61 Å². The third-order valence-electron chi connectivity index (χ3n) is 2.96. The van der Waals surface area contributed by atoms with Crippen LogP contribution in [0.25, 0.3) is 0 Å². The third kappa shape index (κ3) is 2.87. The Morgan fingerprint density at radius 1 is 1.45 bits per heavy atom. The number of fused-ring (bicyclic) bond motifs is 1. The summed E-state index contributed by atoms with van der Waals surface area (Å²) >= 11 is 0.